The molecule has 6 heteroatoms. The van der Waals surface area contributed by atoms with Crippen LogP contribution in [0.3, 0.4) is 0 Å². The van der Waals surface area contributed by atoms with Crippen molar-refractivity contribution in [2.24, 2.45) is 0 Å². The molecule has 5 nitrogen and oxygen atoms in total. The van der Waals surface area contributed by atoms with Crippen molar-refractivity contribution in [1.29, 1.82) is 5.26 Å². The van der Waals surface area contributed by atoms with Crippen LogP contribution in [0, 0.1) is 11.3 Å². The van der Waals surface area contributed by atoms with Gasteiger partial charge in [-0.2, -0.15) is 5.26 Å². The zero-order valence-electron chi connectivity index (χ0n) is 10.4. The molecule has 0 aliphatic heterocycles. The highest BCUT2D eigenvalue weighted by Gasteiger charge is 2.06. The molecule has 0 saturated heterocycles. The topological polar surface area (TPSA) is 85.2 Å². The number of halogens is 1. The van der Waals surface area contributed by atoms with Gasteiger partial charge in [0.15, 0.2) is 0 Å². The van der Waals surface area contributed by atoms with E-state index in [2.05, 4.69) is 10.6 Å². The highest BCUT2D eigenvalue weighted by atomic mass is 35.5. The minimum atomic E-state index is -0.384. The maximum atomic E-state index is 11.5. The molecule has 0 rings (SSSR count). The molecule has 0 heterocycles. The smallest absolute Gasteiger partial charge is 0.263 e. The van der Waals surface area contributed by atoms with Gasteiger partial charge in [-0.15, -0.1) is 11.6 Å². The summed E-state index contributed by atoms with van der Waals surface area (Å²) in [6.07, 6.45) is 4.69. The molecule has 0 saturated carbocycles. The Morgan fingerprint density at radius 3 is 2.67 bits per heavy atom. The van der Waals surface area contributed by atoms with Gasteiger partial charge in [-0.1, -0.05) is 0 Å². The van der Waals surface area contributed by atoms with Crippen molar-refractivity contribution in [3.63, 3.8) is 0 Å². The number of hydrogen-bond acceptors (Lipinski definition) is 4. The zero-order chi connectivity index (χ0) is 13.6. The van der Waals surface area contributed by atoms with E-state index in [1.807, 2.05) is 6.07 Å². The summed E-state index contributed by atoms with van der Waals surface area (Å²) >= 11 is 5.48. The normalized spacial score (nSPS) is 10.8. The zero-order valence-corrected chi connectivity index (χ0v) is 11.2. The second-order valence-corrected chi connectivity index (χ2v) is 4.08. The number of unbranched alkanes of at least 4 members (excludes halogenated alkanes) is 2. The van der Waals surface area contributed by atoms with E-state index in [0.29, 0.717) is 25.4 Å². The summed E-state index contributed by atoms with van der Waals surface area (Å²) < 4.78 is 0. The number of nitriles is 1. The van der Waals surface area contributed by atoms with Crippen molar-refractivity contribution >= 4 is 17.5 Å². The third-order valence-electron chi connectivity index (χ3n) is 2.19. The second kappa shape index (κ2) is 12.2. The van der Waals surface area contributed by atoms with Crippen LogP contribution < -0.4 is 10.6 Å². The lowest BCUT2D eigenvalue weighted by atomic mass is 10.2. The largest absolute Gasteiger partial charge is 0.396 e. The Hall–Kier alpha value is -1.25. The lowest BCUT2D eigenvalue weighted by molar-refractivity contribution is -0.117. The summed E-state index contributed by atoms with van der Waals surface area (Å²) in [6.45, 7) is 1.35. The van der Waals surface area contributed by atoms with Crippen LogP contribution in [0.5, 0.6) is 0 Å². The van der Waals surface area contributed by atoms with Crippen LogP contribution in [-0.2, 0) is 4.79 Å². The average Bonchev–Trinajstić information content (AvgIpc) is 2.38. The molecule has 0 aromatic rings. The third-order valence-corrected chi connectivity index (χ3v) is 2.45. The predicted molar refractivity (Wildman–Crippen MR) is 71.0 cm³/mol. The highest BCUT2D eigenvalue weighted by molar-refractivity contribution is 6.17. The van der Waals surface area contributed by atoms with E-state index in [-0.39, 0.29) is 18.1 Å². The number of aliphatic hydroxyl groups is 1. The third kappa shape index (κ3) is 8.85. The summed E-state index contributed by atoms with van der Waals surface area (Å²) in [5.41, 5.74) is 0.0618. The van der Waals surface area contributed by atoms with E-state index >= 15 is 0 Å². The number of carbonyl (C=O) groups is 1. The minimum absolute atomic E-state index is 0.0618. The van der Waals surface area contributed by atoms with Gasteiger partial charge in [0.2, 0.25) is 0 Å². The second-order valence-electron chi connectivity index (χ2n) is 3.71. The Bertz CT molecular complexity index is 300. The first-order valence-corrected chi connectivity index (χ1v) is 6.58. The fourth-order valence-corrected chi connectivity index (χ4v) is 1.34. The number of alkyl halides is 1. The van der Waals surface area contributed by atoms with E-state index < -0.39 is 0 Å². The van der Waals surface area contributed by atoms with Crippen LogP contribution in [0.15, 0.2) is 11.8 Å². The Morgan fingerprint density at radius 1 is 1.28 bits per heavy atom. The first kappa shape index (κ1) is 16.8. The van der Waals surface area contributed by atoms with Crippen molar-refractivity contribution in [3.05, 3.63) is 11.8 Å². The Morgan fingerprint density at radius 2 is 2.06 bits per heavy atom. The quantitative estimate of drug-likeness (QED) is 0.239. The fraction of sp³-hybridized carbons (Fsp3) is 0.667. The van der Waals surface area contributed by atoms with Crippen LogP contribution in [0.2, 0.25) is 0 Å². The summed E-state index contributed by atoms with van der Waals surface area (Å²) in [5.74, 6) is 0.0973. The molecule has 0 aliphatic carbocycles. The predicted octanol–water partition coefficient (Wildman–Crippen LogP) is 0.891. The number of nitrogens with zero attached hydrogens (tertiary/aromatic N) is 1. The Labute approximate surface area is 113 Å². The van der Waals surface area contributed by atoms with Gasteiger partial charge in [0.05, 0.1) is 0 Å². The molecule has 0 aromatic heterocycles. The first-order valence-electron chi connectivity index (χ1n) is 6.05. The van der Waals surface area contributed by atoms with Crippen LogP contribution >= 0.6 is 11.6 Å². The maximum Gasteiger partial charge on any atom is 0.263 e. The standard InChI is InChI=1S/C12H20ClN3O2/c13-5-4-7-16-12(18)11(9-14)10-15-6-2-1-3-8-17/h10,15,17H,1-8H2,(H,16,18)/b11-10-. The van der Waals surface area contributed by atoms with Crippen LogP contribution in [0.4, 0.5) is 0 Å². The molecular weight excluding hydrogens is 254 g/mol. The summed E-state index contributed by atoms with van der Waals surface area (Å²) in [6, 6.07) is 1.84. The van der Waals surface area contributed by atoms with E-state index in [1.54, 1.807) is 0 Å². The monoisotopic (exact) mass is 273 g/mol. The lowest BCUT2D eigenvalue weighted by Gasteiger charge is -2.04. The van der Waals surface area contributed by atoms with Crippen molar-refractivity contribution in [1.82, 2.24) is 10.6 Å². The molecule has 0 spiro atoms. The van der Waals surface area contributed by atoms with Gasteiger partial charge in [0.1, 0.15) is 11.6 Å². The number of rotatable bonds is 10. The lowest BCUT2D eigenvalue weighted by Crippen LogP contribution is -2.27. The van der Waals surface area contributed by atoms with Gasteiger partial charge >= 0.3 is 0 Å². The Balaban J connectivity index is 3.85. The molecule has 0 bridgehead atoms. The molecule has 18 heavy (non-hydrogen) atoms. The molecule has 0 unspecified atom stereocenters. The molecule has 102 valence electrons. The molecule has 0 atom stereocenters. The van der Waals surface area contributed by atoms with Gasteiger partial charge in [-0.3, -0.25) is 4.79 Å². The van der Waals surface area contributed by atoms with Gasteiger partial charge < -0.3 is 15.7 Å². The average molecular weight is 274 g/mol. The van der Waals surface area contributed by atoms with Gasteiger partial charge in [0.25, 0.3) is 5.91 Å². The van der Waals surface area contributed by atoms with Crippen LogP contribution in [0.1, 0.15) is 25.7 Å². The Kier molecular flexibility index (Phi) is 11.4. The highest BCUT2D eigenvalue weighted by Crippen LogP contribution is 1.94. The van der Waals surface area contributed by atoms with Crippen LogP contribution in [-0.4, -0.2) is 36.6 Å². The molecule has 3 N–H and O–H groups in total. The van der Waals surface area contributed by atoms with Crippen molar-refractivity contribution in [2.75, 3.05) is 25.6 Å². The molecule has 0 aliphatic rings. The van der Waals surface area contributed by atoms with Crippen molar-refractivity contribution < 1.29 is 9.90 Å². The number of nitrogens with one attached hydrogen (secondary N) is 2. The summed E-state index contributed by atoms with van der Waals surface area (Å²) in [5, 5.41) is 22.9. The van der Waals surface area contributed by atoms with E-state index in [0.717, 1.165) is 19.3 Å². The summed E-state index contributed by atoms with van der Waals surface area (Å²) in [7, 11) is 0. The maximum absolute atomic E-state index is 11.5. The molecule has 0 aromatic carbocycles. The molecule has 0 fully saturated rings. The van der Waals surface area contributed by atoms with Crippen molar-refractivity contribution in [2.45, 2.75) is 25.7 Å². The molecular formula is C12H20ClN3O2. The molecule has 0 radical (unpaired) electrons. The number of carbonyl (C=O) groups excluding carboxylic acids is 1. The SMILES string of the molecule is N#C/C(=C/NCCCCCO)C(=O)NCCCCl. The summed E-state index contributed by atoms with van der Waals surface area (Å²) in [4.78, 5) is 11.5. The van der Waals surface area contributed by atoms with Gasteiger partial charge in [-0.25, -0.2) is 0 Å². The number of hydrogen-bond donors (Lipinski definition) is 3. The van der Waals surface area contributed by atoms with E-state index in [4.69, 9.17) is 22.0 Å². The van der Waals surface area contributed by atoms with E-state index in [1.165, 1.54) is 6.20 Å². The van der Waals surface area contributed by atoms with Crippen molar-refractivity contribution in [3.8, 4) is 6.07 Å². The first-order chi connectivity index (χ1) is 8.76. The van der Waals surface area contributed by atoms with E-state index in [9.17, 15) is 4.79 Å². The van der Waals surface area contributed by atoms with Crippen LogP contribution in [0.25, 0.3) is 0 Å². The molecule has 1 amide bonds. The number of amides is 1. The minimum Gasteiger partial charge on any atom is -0.396 e. The number of aliphatic hydroxyl groups excluding tert-OH is 1. The van der Waals surface area contributed by atoms with Gasteiger partial charge in [0, 0.05) is 31.8 Å². The fourth-order valence-electron chi connectivity index (χ4n) is 1.20. The van der Waals surface area contributed by atoms with Gasteiger partial charge in [-0.05, 0) is 25.7 Å².